The van der Waals surface area contributed by atoms with Gasteiger partial charge in [-0.05, 0) is 40.5 Å². The average molecular weight is 310 g/mol. The Morgan fingerprint density at radius 2 is 2.28 bits per heavy atom. The Labute approximate surface area is 116 Å². The van der Waals surface area contributed by atoms with Gasteiger partial charge in [-0.25, -0.2) is 0 Å². The van der Waals surface area contributed by atoms with Crippen molar-refractivity contribution in [2.75, 3.05) is 25.0 Å². The lowest BCUT2D eigenvalue weighted by molar-refractivity contribution is -0.119. The molecular weight excluding hydrogens is 294 g/mol. The van der Waals surface area contributed by atoms with Gasteiger partial charge in [-0.1, -0.05) is 6.92 Å². The van der Waals surface area contributed by atoms with Gasteiger partial charge in [-0.3, -0.25) is 4.79 Å². The summed E-state index contributed by atoms with van der Waals surface area (Å²) in [4.78, 5) is 13.4. The van der Waals surface area contributed by atoms with Crippen molar-refractivity contribution in [2.24, 2.45) is 0 Å². The number of carbonyl (C=O) groups is 1. The molecule has 0 fully saturated rings. The number of hydrogen-bond acceptors (Lipinski definition) is 3. The predicted octanol–water partition coefficient (Wildman–Crippen LogP) is 2.28. The maximum absolute atomic E-state index is 11.6. The van der Waals surface area contributed by atoms with Crippen LogP contribution in [0.15, 0.2) is 22.7 Å². The third-order valence-electron chi connectivity index (χ3n) is 2.47. The van der Waals surface area contributed by atoms with Gasteiger partial charge in [-0.15, -0.1) is 0 Å². The highest BCUT2D eigenvalue weighted by molar-refractivity contribution is 9.10. The first-order valence-electron chi connectivity index (χ1n) is 5.76. The quantitative estimate of drug-likeness (QED) is 0.908. The summed E-state index contributed by atoms with van der Waals surface area (Å²) >= 11 is 3.33. The topological polar surface area (TPSA) is 56.1 Å². The van der Waals surface area contributed by atoms with Gasteiger partial charge in [0, 0.05) is 23.8 Å². The normalized spacial score (nSPS) is 9.67. The van der Waals surface area contributed by atoms with Crippen LogP contribution >= 0.6 is 15.9 Å². The number of amides is 1. The zero-order valence-electron chi connectivity index (χ0n) is 10.5. The van der Waals surface area contributed by atoms with Gasteiger partial charge >= 0.3 is 0 Å². The molecule has 1 aromatic rings. The summed E-state index contributed by atoms with van der Waals surface area (Å²) in [5.74, 6) is -0.000155. The molecule has 0 saturated heterocycles. The number of anilines is 1. The molecule has 5 heteroatoms. The first kappa shape index (κ1) is 14.5. The molecule has 18 heavy (non-hydrogen) atoms. The molecule has 1 rings (SSSR count). The van der Waals surface area contributed by atoms with Crippen molar-refractivity contribution in [2.45, 2.75) is 13.3 Å². The fourth-order valence-electron chi connectivity index (χ4n) is 1.46. The van der Waals surface area contributed by atoms with Gasteiger partial charge < -0.3 is 10.2 Å². The Balaban J connectivity index is 2.67. The minimum absolute atomic E-state index is 0.000155. The van der Waals surface area contributed by atoms with Crippen molar-refractivity contribution in [3.05, 3.63) is 28.2 Å². The summed E-state index contributed by atoms with van der Waals surface area (Å²) in [5, 5.41) is 11.7. The zero-order valence-corrected chi connectivity index (χ0v) is 12.1. The van der Waals surface area contributed by atoms with Crippen molar-refractivity contribution in [1.29, 1.82) is 5.26 Å². The van der Waals surface area contributed by atoms with Crippen LogP contribution in [-0.4, -0.2) is 26.0 Å². The number of nitrogens with zero attached hydrogens (tertiary/aromatic N) is 2. The highest BCUT2D eigenvalue weighted by Crippen LogP contribution is 2.22. The molecule has 0 bridgehead atoms. The number of carbonyl (C=O) groups excluding carboxylic acids is 1. The lowest BCUT2D eigenvalue weighted by Crippen LogP contribution is -2.35. The highest BCUT2D eigenvalue weighted by atomic mass is 79.9. The van der Waals surface area contributed by atoms with Crippen LogP contribution in [0.25, 0.3) is 0 Å². The van der Waals surface area contributed by atoms with E-state index in [4.69, 9.17) is 5.26 Å². The number of benzene rings is 1. The summed E-state index contributed by atoms with van der Waals surface area (Å²) in [6, 6.07) is 7.49. The summed E-state index contributed by atoms with van der Waals surface area (Å²) in [5.41, 5.74) is 1.48. The third kappa shape index (κ3) is 4.04. The van der Waals surface area contributed by atoms with E-state index < -0.39 is 0 Å². The van der Waals surface area contributed by atoms with Crippen molar-refractivity contribution in [1.82, 2.24) is 5.32 Å². The number of nitriles is 1. The molecule has 1 N–H and O–H groups in total. The van der Waals surface area contributed by atoms with Crippen LogP contribution < -0.4 is 10.2 Å². The van der Waals surface area contributed by atoms with E-state index in [9.17, 15) is 4.79 Å². The van der Waals surface area contributed by atoms with Crippen LogP contribution in [0, 0.1) is 11.3 Å². The molecule has 0 heterocycles. The van der Waals surface area contributed by atoms with E-state index in [2.05, 4.69) is 27.3 Å². The van der Waals surface area contributed by atoms with E-state index in [-0.39, 0.29) is 5.91 Å². The Morgan fingerprint density at radius 1 is 1.56 bits per heavy atom. The molecule has 1 amide bonds. The van der Waals surface area contributed by atoms with Gasteiger partial charge in [0.05, 0.1) is 12.1 Å². The van der Waals surface area contributed by atoms with E-state index >= 15 is 0 Å². The lowest BCUT2D eigenvalue weighted by Gasteiger charge is -2.19. The van der Waals surface area contributed by atoms with Crippen LogP contribution in [0.2, 0.25) is 0 Å². The Morgan fingerprint density at radius 3 is 2.83 bits per heavy atom. The van der Waals surface area contributed by atoms with Crippen molar-refractivity contribution in [3.8, 4) is 6.07 Å². The third-order valence-corrected chi connectivity index (χ3v) is 3.12. The second kappa shape index (κ2) is 7.02. The fraction of sp³-hybridized carbons (Fsp3) is 0.385. The molecule has 4 nitrogen and oxygen atoms in total. The number of rotatable bonds is 5. The van der Waals surface area contributed by atoms with Gasteiger partial charge in [0.25, 0.3) is 0 Å². The van der Waals surface area contributed by atoms with Crippen LogP contribution in [-0.2, 0) is 4.79 Å². The van der Waals surface area contributed by atoms with Crippen LogP contribution in [0.3, 0.4) is 0 Å². The van der Waals surface area contributed by atoms with Gasteiger partial charge in [0.15, 0.2) is 0 Å². The fourth-order valence-corrected chi connectivity index (χ4v) is 1.91. The van der Waals surface area contributed by atoms with Crippen LogP contribution in [0.1, 0.15) is 18.9 Å². The summed E-state index contributed by atoms with van der Waals surface area (Å²) in [6.07, 6.45) is 0.928. The van der Waals surface area contributed by atoms with Gasteiger partial charge in [0.2, 0.25) is 5.91 Å². The molecule has 0 aliphatic rings. The molecule has 0 radical (unpaired) electrons. The van der Waals surface area contributed by atoms with E-state index in [0.29, 0.717) is 18.7 Å². The number of hydrogen-bond donors (Lipinski definition) is 1. The van der Waals surface area contributed by atoms with Gasteiger partial charge in [-0.2, -0.15) is 5.26 Å². The summed E-state index contributed by atoms with van der Waals surface area (Å²) in [6.45, 7) is 3.02. The highest BCUT2D eigenvalue weighted by Gasteiger charge is 2.08. The largest absolute Gasteiger partial charge is 0.365 e. The molecular formula is C13H16BrN3O. The predicted molar refractivity (Wildman–Crippen MR) is 75.4 cm³/mol. The van der Waals surface area contributed by atoms with Crippen molar-refractivity contribution in [3.63, 3.8) is 0 Å². The van der Waals surface area contributed by atoms with Crippen molar-refractivity contribution < 1.29 is 4.79 Å². The Kier molecular flexibility index (Phi) is 5.66. The molecule has 0 atom stereocenters. The number of likely N-dealkylation sites (N-methyl/N-ethyl adjacent to an activating group) is 1. The van der Waals surface area contributed by atoms with E-state index in [0.717, 1.165) is 16.6 Å². The Bertz CT molecular complexity index is 468. The van der Waals surface area contributed by atoms with Crippen LogP contribution in [0.4, 0.5) is 5.69 Å². The van der Waals surface area contributed by atoms with Gasteiger partial charge in [0.1, 0.15) is 6.07 Å². The smallest absolute Gasteiger partial charge is 0.239 e. The monoisotopic (exact) mass is 309 g/mol. The van der Waals surface area contributed by atoms with E-state index in [1.165, 1.54) is 0 Å². The van der Waals surface area contributed by atoms with E-state index in [1.54, 1.807) is 6.07 Å². The van der Waals surface area contributed by atoms with Crippen LogP contribution in [0.5, 0.6) is 0 Å². The molecule has 1 aromatic carbocycles. The molecule has 0 aliphatic heterocycles. The molecule has 0 spiro atoms. The Hall–Kier alpha value is -1.54. The average Bonchev–Trinajstić information content (AvgIpc) is 2.36. The molecule has 96 valence electrons. The van der Waals surface area contributed by atoms with Crippen molar-refractivity contribution >= 4 is 27.5 Å². The molecule has 0 aliphatic carbocycles. The number of nitrogens with one attached hydrogen (secondary N) is 1. The molecule has 0 saturated carbocycles. The SMILES string of the molecule is CCCNC(=O)CN(C)c1ccc(C#N)c(Br)c1. The summed E-state index contributed by atoms with van der Waals surface area (Å²) < 4.78 is 0.739. The van der Waals surface area contributed by atoms with E-state index in [1.807, 2.05) is 31.0 Å². The minimum Gasteiger partial charge on any atom is -0.365 e. The first-order chi connectivity index (χ1) is 8.58. The maximum atomic E-state index is 11.6. The zero-order chi connectivity index (χ0) is 13.5. The minimum atomic E-state index is -0.000155. The summed E-state index contributed by atoms with van der Waals surface area (Å²) in [7, 11) is 1.85. The molecule has 0 aromatic heterocycles. The lowest BCUT2D eigenvalue weighted by atomic mass is 10.2. The first-order valence-corrected chi connectivity index (χ1v) is 6.55. The second-order valence-corrected chi connectivity index (χ2v) is 4.84. The molecule has 0 unspecified atom stereocenters. The standard InChI is InChI=1S/C13H16BrN3O/c1-3-6-16-13(18)9-17(2)11-5-4-10(8-15)12(14)7-11/h4-5,7H,3,6,9H2,1-2H3,(H,16,18). The second-order valence-electron chi connectivity index (χ2n) is 3.98. The number of halogens is 1. The maximum Gasteiger partial charge on any atom is 0.239 e.